The van der Waals surface area contributed by atoms with Crippen LogP contribution < -0.4 is 34.7 Å². The molecule has 0 aliphatic heterocycles. The fourth-order valence-electron chi connectivity index (χ4n) is 2.51. The van der Waals surface area contributed by atoms with E-state index in [1.54, 1.807) is 0 Å². The molecule has 0 saturated carbocycles. The van der Waals surface area contributed by atoms with Gasteiger partial charge in [-0.1, -0.05) is 70.4 Å². The number of allylic oxidation sites excluding steroid dienone is 2. The third kappa shape index (κ3) is 24.1. The molecule has 0 saturated heterocycles. The number of nitrogens with two attached hydrogens (primary N) is 1. The molecule has 0 bridgehead atoms. The van der Waals surface area contributed by atoms with E-state index in [9.17, 15) is 13.2 Å². The molecule has 0 aromatic rings. The van der Waals surface area contributed by atoms with Crippen LogP contribution in [-0.2, 0) is 19.3 Å². The first-order valence-electron chi connectivity index (χ1n) is 9.35. The molecule has 25 heavy (non-hydrogen) atoms. The molecule has 0 fully saturated rings. The Morgan fingerprint density at radius 1 is 0.880 bits per heavy atom. The van der Waals surface area contributed by atoms with Crippen molar-refractivity contribution in [3.8, 4) is 0 Å². The van der Waals surface area contributed by atoms with E-state index in [1.165, 1.54) is 44.9 Å². The van der Waals surface area contributed by atoms with Crippen molar-refractivity contribution < 1.29 is 48.4 Å². The van der Waals surface area contributed by atoms with Gasteiger partial charge < -0.3 is 5.61 Å². The van der Waals surface area contributed by atoms with Crippen LogP contribution in [0, 0.1) is 0 Å². The molecule has 0 unspecified atom stereocenters. The Hall–Kier alpha value is 0.120. The normalized spacial score (nSPS) is 11.4. The van der Waals surface area contributed by atoms with Crippen LogP contribution in [0.4, 0.5) is 0 Å². The first-order valence-corrected chi connectivity index (χ1v) is 10.8. The standard InChI is InChI=1S/C18H35NO4S.Na.H/c1-2-3-4-5-6-7-8-9-10-11-12-13-14-15-16-17-18(20)23-24(19,21)22;;/h9-10H,2-8,11-17H2,1H3,(H2,19,21,22);;/q;+1;-1/b10-9-;;. The van der Waals surface area contributed by atoms with E-state index < -0.39 is 16.3 Å². The number of hydrogen-bond donors (Lipinski definition) is 1. The molecule has 0 aromatic carbocycles. The van der Waals surface area contributed by atoms with Crippen molar-refractivity contribution in [3.05, 3.63) is 12.2 Å². The van der Waals surface area contributed by atoms with Gasteiger partial charge in [0.15, 0.2) is 0 Å². The zero-order valence-corrected chi connectivity index (χ0v) is 19.0. The summed E-state index contributed by atoms with van der Waals surface area (Å²) in [6, 6.07) is 0. The van der Waals surface area contributed by atoms with Gasteiger partial charge in [0, 0.05) is 6.42 Å². The maximum atomic E-state index is 11.1. The summed E-state index contributed by atoms with van der Waals surface area (Å²) in [5.74, 6) is -0.768. The van der Waals surface area contributed by atoms with Crippen molar-refractivity contribution in [1.82, 2.24) is 0 Å². The number of carbonyl (C=O) groups excluding carboxylic acids is 1. The Bertz CT molecular complexity index is 444. The zero-order chi connectivity index (χ0) is 18.1. The second-order valence-electron chi connectivity index (χ2n) is 6.28. The largest absolute Gasteiger partial charge is 1.00 e. The summed E-state index contributed by atoms with van der Waals surface area (Å²) in [6.07, 6.45) is 19.9. The average molecular weight is 386 g/mol. The van der Waals surface area contributed by atoms with Crippen LogP contribution in [0.3, 0.4) is 0 Å². The van der Waals surface area contributed by atoms with E-state index >= 15 is 0 Å². The molecule has 0 heterocycles. The van der Waals surface area contributed by atoms with Crippen LogP contribution in [0.5, 0.6) is 0 Å². The van der Waals surface area contributed by atoms with Crippen LogP contribution in [0.15, 0.2) is 12.2 Å². The van der Waals surface area contributed by atoms with Gasteiger partial charge in [-0.05, 0) is 32.1 Å². The first-order chi connectivity index (χ1) is 11.5. The molecule has 0 atom stereocenters. The molecule has 2 N–H and O–H groups in total. The summed E-state index contributed by atoms with van der Waals surface area (Å²) in [5, 5.41) is 4.62. The Balaban J connectivity index is -0.00000264. The average Bonchev–Trinajstić information content (AvgIpc) is 2.49. The molecule has 0 aliphatic carbocycles. The molecule has 144 valence electrons. The number of unbranched alkanes of at least 4 members (excludes halogenated alkanes) is 11. The summed E-state index contributed by atoms with van der Waals surface area (Å²) in [4.78, 5) is 11.1. The van der Waals surface area contributed by atoms with Gasteiger partial charge >= 0.3 is 45.8 Å². The number of hydrogen-bond acceptors (Lipinski definition) is 4. The van der Waals surface area contributed by atoms with Gasteiger partial charge in [0.25, 0.3) is 0 Å². The summed E-state index contributed by atoms with van der Waals surface area (Å²) in [5.41, 5.74) is 0. The summed E-state index contributed by atoms with van der Waals surface area (Å²) >= 11 is 0. The fourth-order valence-corrected chi connectivity index (χ4v) is 2.85. The molecule has 0 rings (SSSR count). The first kappa shape index (κ1) is 27.3. The number of rotatable bonds is 16. The van der Waals surface area contributed by atoms with E-state index in [0.717, 1.165) is 32.1 Å². The SMILES string of the molecule is CCCCCCCC/C=C\CCCCCCCC(=O)OS(N)(=O)=O.[H-].[Na+]. The van der Waals surface area contributed by atoms with Gasteiger partial charge in [0.2, 0.25) is 0 Å². The van der Waals surface area contributed by atoms with E-state index in [4.69, 9.17) is 0 Å². The maximum absolute atomic E-state index is 11.1. The Morgan fingerprint density at radius 2 is 1.32 bits per heavy atom. The molecular formula is C18H36NNaO4S. The Morgan fingerprint density at radius 3 is 1.80 bits per heavy atom. The second kappa shape index (κ2) is 18.9. The molecule has 0 aromatic heterocycles. The van der Waals surface area contributed by atoms with Crippen LogP contribution >= 0.6 is 0 Å². The molecule has 0 radical (unpaired) electrons. The molecule has 0 spiro atoms. The minimum Gasteiger partial charge on any atom is -1.00 e. The topological polar surface area (TPSA) is 86.5 Å². The fraction of sp³-hybridized carbons (Fsp3) is 0.833. The Labute approximate surface area is 178 Å². The zero-order valence-electron chi connectivity index (χ0n) is 17.2. The van der Waals surface area contributed by atoms with Crippen molar-refractivity contribution in [1.29, 1.82) is 0 Å². The minimum atomic E-state index is -4.15. The molecular weight excluding hydrogens is 349 g/mol. The summed E-state index contributed by atoms with van der Waals surface area (Å²) in [7, 11) is -4.15. The van der Waals surface area contributed by atoms with Crippen molar-refractivity contribution >= 4 is 16.3 Å². The van der Waals surface area contributed by atoms with Crippen LogP contribution in [0.1, 0.15) is 98.2 Å². The monoisotopic (exact) mass is 385 g/mol. The second-order valence-corrected chi connectivity index (χ2v) is 7.43. The van der Waals surface area contributed by atoms with Gasteiger partial charge in [-0.15, -0.1) is 0 Å². The summed E-state index contributed by atoms with van der Waals surface area (Å²) in [6.45, 7) is 2.24. The molecule has 5 nitrogen and oxygen atoms in total. The summed E-state index contributed by atoms with van der Waals surface area (Å²) < 4.78 is 25.1. The Kier molecular flexibility index (Phi) is 20.7. The van der Waals surface area contributed by atoms with Crippen molar-refractivity contribution in [3.63, 3.8) is 0 Å². The van der Waals surface area contributed by atoms with E-state index in [1.807, 2.05) is 0 Å². The van der Waals surface area contributed by atoms with Crippen LogP contribution in [-0.4, -0.2) is 14.4 Å². The molecule has 0 aliphatic rings. The quantitative estimate of drug-likeness (QED) is 0.250. The van der Waals surface area contributed by atoms with Gasteiger partial charge in [0.1, 0.15) is 0 Å². The molecule has 7 heteroatoms. The van der Waals surface area contributed by atoms with Gasteiger partial charge in [-0.2, -0.15) is 13.6 Å². The predicted octanol–water partition coefficient (Wildman–Crippen LogP) is 1.89. The van der Waals surface area contributed by atoms with Gasteiger partial charge in [0.05, 0.1) is 0 Å². The maximum Gasteiger partial charge on any atom is 1.00 e. The third-order valence-electron chi connectivity index (χ3n) is 3.85. The number of carbonyl (C=O) groups is 1. The van der Waals surface area contributed by atoms with E-state index in [0.29, 0.717) is 6.42 Å². The van der Waals surface area contributed by atoms with Crippen molar-refractivity contribution in [2.45, 2.75) is 96.8 Å². The van der Waals surface area contributed by atoms with E-state index in [-0.39, 0.29) is 37.4 Å². The van der Waals surface area contributed by atoms with Crippen molar-refractivity contribution in [2.24, 2.45) is 5.14 Å². The van der Waals surface area contributed by atoms with Crippen molar-refractivity contribution in [2.75, 3.05) is 0 Å². The smallest absolute Gasteiger partial charge is 1.00 e. The minimum absolute atomic E-state index is 0. The molecule has 0 amide bonds. The van der Waals surface area contributed by atoms with Gasteiger partial charge in [-0.3, -0.25) is 4.79 Å². The van der Waals surface area contributed by atoms with Crippen LogP contribution in [0.2, 0.25) is 0 Å². The predicted molar refractivity (Wildman–Crippen MR) is 99.8 cm³/mol. The van der Waals surface area contributed by atoms with E-state index in [2.05, 4.69) is 28.4 Å². The van der Waals surface area contributed by atoms with Crippen LogP contribution in [0.25, 0.3) is 0 Å². The third-order valence-corrected chi connectivity index (χ3v) is 4.27. The van der Waals surface area contributed by atoms with Gasteiger partial charge in [-0.25, -0.2) is 0 Å².